The molecule has 2 heterocycles. The van der Waals surface area contributed by atoms with Crippen LogP contribution in [0.1, 0.15) is 56.5 Å². The first-order chi connectivity index (χ1) is 9.26. The second-order valence-electron chi connectivity index (χ2n) is 5.54. The van der Waals surface area contributed by atoms with Crippen LogP contribution in [-0.4, -0.2) is 24.6 Å². The molecule has 0 amide bonds. The van der Waals surface area contributed by atoms with Gasteiger partial charge in [-0.1, -0.05) is 26.2 Å². The topological polar surface area (TPSA) is 28.2 Å². The molecule has 2 rings (SSSR count). The van der Waals surface area contributed by atoms with Crippen LogP contribution < -0.4 is 10.2 Å². The molecule has 0 spiro atoms. The van der Waals surface area contributed by atoms with Crippen molar-refractivity contribution in [3.63, 3.8) is 0 Å². The van der Waals surface area contributed by atoms with E-state index in [4.69, 9.17) is 4.98 Å². The molecule has 0 aromatic carbocycles. The maximum Gasteiger partial charge on any atom is 0.186 e. The number of nitrogens with zero attached hydrogens (tertiary/aromatic N) is 2. The molecule has 1 aromatic rings. The minimum Gasteiger partial charge on any atom is -0.345 e. The molecule has 1 aliphatic rings. The lowest BCUT2D eigenvalue weighted by molar-refractivity contribution is 0.614. The molecule has 1 atom stereocenters. The van der Waals surface area contributed by atoms with E-state index in [0.717, 1.165) is 13.0 Å². The van der Waals surface area contributed by atoms with Gasteiger partial charge in [-0.05, 0) is 33.2 Å². The van der Waals surface area contributed by atoms with E-state index >= 15 is 0 Å². The summed E-state index contributed by atoms with van der Waals surface area (Å²) in [6, 6.07) is 0.644. The first kappa shape index (κ1) is 14.8. The summed E-state index contributed by atoms with van der Waals surface area (Å²) in [5, 5.41) is 4.53. The van der Waals surface area contributed by atoms with Gasteiger partial charge < -0.3 is 10.2 Å². The van der Waals surface area contributed by atoms with Gasteiger partial charge >= 0.3 is 0 Å². The third-order valence-corrected chi connectivity index (χ3v) is 5.02. The Morgan fingerprint density at radius 3 is 2.95 bits per heavy atom. The molecule has 0 bridgehead atoms. The van der Waals surface area contributed by atoms with Gasteiger partial charge in [-0.25, -0.2) is 4.98 Å². The van der Waals surface area contributed by atoms with Crippen LogP contribution in [0.5, 0.6) is 0 Å². The number of hydrogen-bond acceptors (Lipinski definition) is 4. The summed E-state index contributed by atoms with van der Waals surface area (Å²) in [5.74, 6) is 0. The van der Waals surface area contributed by atoms with E-state index in [1.807, 2.05) is 18.4 Å². The molecular formula is C15H27N3S. The highest BCUT2D eigenvalue weighted by Gasteiger charge is 2.21. The van der Waals surface area contributed by atoms with Crippen molar-refractivity contribution >= 4 is 16.5 Å². The van der Waals surface area contributed by atoms with Crippen molar-refractivity contribution in [1.82, 2.24) is 10.3 Å². The van der Waals surface area contributed by atoms with E-state index in [0.29, 0.717) is 6.04 Å². The Morgan fingerprint density at radius 1 is 1.37 bits per heavy atom. The van der Waals surface area contributed by atoms with E-state index in [2.05, 4.69) is 24.1 Å². The second-order valence-corrected chi connectivity index (χ2v) is 6.60. The summed E-state index contributed by atoms with van der Waals surface area (Å²) in [7, 11) is 2.02. The molecule has 1 saturated heterocycles. The summed E-state index contributed by atoms with van der Waals surface area (Å²) in [5.41, 5.74) is 1.31. The number of nitrogens with one attached hydrogen (secondary N) is 1. The lowest BCUT2D eigenvalue weighted by Crippen LogP contribution is -2.32. The normalized spacial score (nSPS) is 20.6. The number of rotatable bonds is 5. The maximum atomic E-state index is 4.94. The summed E-state index contributed by atoms with van der Waals surface area (Å²) in [4.78, 5) is 8.90. The fraction of sp³-hybridized carbons (Fsp3) is 0.800. The number of anilines is 1. The lowest BCUT2D eigenvalue weighted by atomic mass is 10.1. The molecule has 108 valence electrons. The van der Waals surface area contributed by atoms with E-state index in [9.17, 15) is 0 Å². The molecule has 0 radical (unpaired) electrons. The first-order valence-electron chi connectivity index (χ1n) is 7.66. The van der Waals surface area contributed by atoms with Crippen molar-refractivity contribution in [3.8, 4) is 0 Å². The van der Waals surface area contributed by atoms with Gasteiger partial charge in [0, 0.05) is 24.0 Å². The highest BCUT2D eigenvalue weighted by atomic mass is 32.1. The van der Waals surface area contributed by atoms with Gasteiger partial charge in [-0.15, -0.1) is 11.3 Å². The second kappa shape index (κ2) is 7.25. The molecule has 1 N–H and O–H groups in total. The SMILES string of the molecule is CCCc1nc(N2CCCCCC2C)sc1CNC. The van der Waals surface area contributed by atoms with Crippen molar-refractivity contribution < 1.29 is 0 Å². The van der Waals surface area contributed by atoms with Crippen molar-refractivity contribution in [2.75, 3.05) is 18.5 Å². The van der Waals surface area contributed by atoms with Crippen LogP contribution in [0.25, 0.3) is 0 Å². The van der Waals surface area contributed by atoms with Gasteiger partial charge in [-0.3, -0.25) is 0 Å². The lowest BCUT2D eigenvalue weighted by Gasteiger charge is -2.26. The average molecular weight is 281 g/mol. The van der Waals surface area contributed by atoms with Gasteiger partial charge in [0.15, 0.2) is 5.13 Å². The van der Waals surface area contributed by atoms with Gasteiger partial charge in [0.05, 0.1) is 5.69 Å². The zero-order valence-corrected chi connectivity index (χ0v) is 13.4. The van der Waals surface area contributed by atoms with Crippen LogP contribution in [-0.2, 0) is 13.0 Å². The number of aryl methyl sites for hydroxylation is 1. The van der Waals surface area contributed by atoms with Gasteiger partial charge in [0.1, 0.15) is 0 Å². The Kier molecular flexibility index (Phi) is 5.64. The standard InChI is InChI=1S/C15H27N3S/c1-4-8-13-14(11-16-3)19-15(17-13)18-10-7-5-6-9-12(18)2/h12,16H,4-11H2,1-3H3. The zero-order valence-electron chi connectivity index (χ0n) is 12.5. The largest absolute Gasteiger partial charge is 0.345 e. The number of aromatic nitrogens is 1. The van der Waals surface area contributed by atoms with Crippen LogP contribution in [0, 0.1) is 0 Å². The minimum atomic E-state index is 0.644. The van der Waals surface area contributed by atoms with Gasteiger partial charge in [-0.2, -0.15) is 0 Å². The first-order valence-corrected chi connectivity index (χ1v) is 8.47. The Labute approximate surface area is 121 Å². The van der Waals surface area contributed by atoms with Crippen LogP contribution in [0.4, 0.5) is 5.13 Å². The molecule has 1 aromatic heterocycles. The summed E-state index contributed by atoms with van der Waals surface area (Å²) in [6.45, 7) is 6.72. The third kappa shape index (κ3) is 3.69. The van der Waals surface area contributed by atoms with Crippen molar-refractivity contribution in [2.45, 2.75) is 65.0 Å². The highest BCUT2D eigenvalue weighted by molar-refractivity contribution is 7.15. The van der Waals surface area contributed by atoms with Crippen molar-refractivity contribution in [2.24, 2.45) is 0 Å². The molecule has 3 nitrogen and oxygen atoms in total. The quantitative estimate of drug-likeness (QED) is 0.894. The molecule has 1 fully saturated rings. The molecule has 19 heavy (non-hydrogen) atoms. The minimum absolute atomic E-state index is 0.644. The van der Waals surface area contributed by atoms with Gasteiger partial charge in [0.25, 0.3) is 0 Å². The van der Waals surface area contributed by atoms with E-state index < -0.39 is 0 Å². The number of thiazole rings is 1. The maximum absolute atomic E-state index is 4.94. The van der Waals surface area contributed by atoms with Crippen LogP contribution in [0.2, 0.25) is 0 Å². The number of hydrogen-bond donors (Lipinski definition) is 1. The predicted octanol–water partition coefficient (Wildman–Crippen LogP) is 3.58. The van der Waals surface area contributed by atoms with Crippen molar-refractivity contribution in [1.29, 1.82) is 0 Å². The third-order valence-electron chi connectivity index (χ3n) is 3.89. The predicted molar refractivity (Wildman–Crippen MR) is 84.1 cm³/mol. The Bertz CT molecular complexity index is 365. The zero-order chi connectivity index (χ0) is 13.7. The Hall–Kier alpha value is -0.610. The molecule has 0 saturated carbocycles. The van der Waals surface area contributed by atoms with E-state index in [1.165, 1.54) is 54.4 Å². The van der Waals surface area contributed by atoms with E-state index in [-0.39, 0.29) is 0 Å². The molecule has 1 aliphatic heterocycles. The van der Waals surface area contributed by atoms with E-state index in [1.54, 1.807) is 0 Å². The summed E-state index contributed by atoms with van der Waals surface area (Å²) < 4.78 is 0. The van der Waals surface area contributed by atoms with Crippen LogP contribution >= 0.6 is 11.3 Å². The smallest absolute Gasteiger partial charge is 0.186 e. The highest BCUT2D eigenvalue weighted by Crippen LogP contribution is 2.31. The molecular weight excluding hydrogens is 254 g/mol. The summed E-state index contributed by atoms with van der Waals surface area (Å²) >= 11 is 1.90. The average Bonchev–Trinajstić information content (AvgIpc) is 2.64. The van der Waals surface area contributed by atoms with Crippen LogP contribution in [0.3, 0.4) is 0 Å². The van der Waals surface area contributed by atoms with Crippen LogP contribution in [0.15, 0.2) is 0 Å². The fourth-order valence-electron chi connectivity index (χ4n) is 2.78. The van der Waals surface area contributed by atoms with Gasteiger partial charge in [0.2, 0.25) is 0 Å². The fourth-order valence-corrected chi connectivity index (χ4v) is 4.03. The monoisotopic (exact) mass is 281 g/mol. The summed E-state index contributed by atoms with van der Waals surface area (Å²) in [6.07, 6.45) is 7.65. The Morgan fingerprint density at radius 2 is 2.21 bits per heavy atom. The molecule has 1 unspecified atom stereocenters. The molecule has 0 aliphatic carbocycles. The molecule has 4 heteroatoms. The van der Waals surface area contributed by atoms with Crippen molar-refractivity contribution in [3.05, 3.63) is 10.6 Å². The Balaban J connectivity index is 2.20.